The van der Waals surface area contributed by atoms with E-state index >= 15 is 0 Å². The molecule has 2 heteroatoms. The zero-order chi connectivity index (χ0) is 12.1. The standard InChI is InChI=1S/C13H30N2/c1-8-9-11(2)15(7)10-12(14-6)13(3,4)5/h11-12,14H,8-10H2,1-7H3. The van der Waals surface area contributed by atoms with Crippen molar-refractivity contribution in [1.29, 1.82) is 0 Å². The Bertz CT molecular complexity index is 160. The molecule has 0 saturated carbocycles. The molecule has 0 amide bonds. The number of hydrogen-bond donors (Lipinski definition) is 1. The monoisotopic (exact) mass is 214 g/mol. The predicted octanol–water partition coefficient (Wildman–Crippen LogP) is 2.74. The lowest BCUT2D eigenvalue weighted by Gasteiger charge is -2.36. The molecule has 0 spiro atoms. The van der Waals surface area contributed by atoms with Gasteiger partial charge in [0.1, 0.15) is 0 Å². The molecular weight excluding hydrogens is 184 g/mol. The van der Waals surface area contributed by atoms with Gasteiger partial charge in [-0.3, -0.25) is 0 Å². The summed E-state index contributed by atoms with van der Waals surface area (Å²) in [4.78, 5) is 2.47. The normalized spacial score (nSPS) is 16.8. The second kappa shape index (κ2) is 6.49. The molecule has 0 aliphatic rings. The van der Waals surface area contributed by atoms with Crippen LogP contribution in [0.5, 0.6) is 0 Å². The van der Waals surface area contributed by atoms with Crippen molar-refractivity contribution in [2.24, 2.45) is 5.41 Å². The first kappa shape index (κ1) is 14.9. The van der Waals surface area contributed by atoms with Gasteiger partial charge in [0.2, 0.25) is 0 Å². The highest BCUT2D eigenvalue weighted by Crippen LogP contribution is 2.20. The summed E-state index contributed by atoms with van der Waals surface area (Å²) in [5.41, 5.74) is 0.328. The van der Waals surface area contributed by atoms with Gasteiger partial charge in [0.15, 0.2) is 0 Å². The van der Waals surface area contributed by atoms with Crippen LogP contribution in [0.2, 0.25) is 0 Å². The molecule has 0 aliphatic heterocycles. The highest BCUT2D eigenvalue weighted by molar-refractivity contribution is 4.82. The molecule has 0 aromatic heterocycles. The van der Waals surface area contributed by atoms with E-state index in [9.17, 15) is 0 Å². The Labute approximate surface area is 96.4 Å². The Kier molecular flexibility index (Phi) is 6.46. The number of hydrogen-bond acceptors (Lipinski definition) is 2. The Morgan fingerprint density at radius 3 is 2.13 bits per heavy atom. The molecule has 0 saturated heterocycles. The van der Waals surface area contributed by atoms with Crippen LogP contribution in [0.3, 0.4) is 0 Å². The van der Waals surface area contributed by atoms with Gasteiger partial charge in [-0.05, 0) is 32.9 Å². The van der Waals surface area contributed by atoms with Crippen LogP contribution in [0.4, 0.5) is 0 Å². The van der Waals surface area contributed by atoms with Crippen molar-refractivity contribution in [2.45, 2.75) is 59.5 Å². The molecule has 2 unspecified atom stereocenters. The maximum absolute atomic E-state index is 3.43. The van der Waals surface area contributed by atoms with Gasteiger partial charge in [-0.2, -0.15) is 0 Å². The summed E-state index contributed by atoms with van der Waals surface area (Å²) in [6, 6.07) is 1.25. The van der Waals surface area contributed by atoms with Crippen LogP contribution in [0.25, 0.3) is 0 Å². The zero-order valence-corrected chi connectivity index (χ0v) is 11.7. The molecule has 1 N–H and O–H groups in total. The molecule has 0 aliphatic carbocycles. The van der Waals surface area contributed by atoms with Gasteiger partial charge in [0.05, 0.1) is 0 Å². The molecule has 0 radical (unpaired) electrons. The van der Waals surface area contributed by atoms with E-state index in [1.54, 1.807) is 0 Å². The van der Waals surface area contributed by atoms with Crippen LogP contribution in [0.15, 0.2) is 0 Å². The number of likely N-dealkylation sites (N-methyl/N-ethyl adjacent to an activating group) is 2. The lowest BCUT2D eigenvalue weighted by molar-refractivity contribution is 0.166. The van der Waals surface area contributed by atoms with Crippen LogP contribution in [0, 0.1) is 5.41 Å². The highest BCUT2D eigenvalue weighted by atomic mass is 15.1. The van der Waals surface area contributed by atoms with Crippen molar-refractivity contribution in [3.05, 3.63) is 0 Å². The van der Waals surface area contributed by atoms with E-state index in [0.717, 1.165) is 6.54 Å². The summed E-state index contributed by atoms with van der Waals surface area (Å²) in [5, 5.41) is 3.43. The van der Waals surface area contributed by atoms with Gasteiger partial charge in [-0.1, -0.05) is 34.1 Å². The van der Waals surface area contributed by atoms with Crippen LogP contribution in [-0.2, 0) is 0 Å². The second-order valence-corrected chi connectivity index (χ2v) is 5.78. The summed E-state index contributed by atoms with van der Waals surface area (Å²) >= 11 is 0. The van der Waals surface area contributed by atoms with Crippen LogP contribution in [-0.4, -0.2) is 37.6 Å². The molecular formula is C13H30N2. The van der Waals surface area contributed by atoms with Crippen LogP contribution in [0.1, 0.15) is 47.5 Å². The van der Waals surface area contributed by atoms with Gasteiger partial charge in [0, 0.05) is 18.6 Å². The minimum Gasteiger partial charge on any atom is -0.315 e. The van der Waals surface area contributed by atoms with Gasteiger partial charge < -0.3 is 10.2 Å². The summed E-state index contributed by atoms with van der Waals surface area (Å²) in [5.74, 6) is 0. The average Bonchev–Trinajstić information content (AvgIpc) is 2.12. The largest absolute Gasteiger partial charge is 0.315 e. The first-order valence-corrected chi connectivity index (χ1v) is 6.20. The molecule has 2 nitrogen and oxygen atoms in total. The molecule has 0 aromatic rings. The molecule has 15 heavy (non-hydrogen) atoms. The first-order chi connectivity index (χ1) is 6.82. The lowest BCUT2D eigenvalue weighted by Crippen LogP contribution is -2.48. The quantitative estimate of drug-likeness (QED) is 0.731. The fourth-order valence-electron chi connectivity index (χ4n) is 1.90. The fraction of sp³-hybridized carbons (Fsp3) is 1.00. The van der Waals surface area contributed by atoms with Gasteiger partial charge in [0.25, 0.3) is 0 Å². The fourth-order valence-corrected chi connectivity index (χ4v) is 1.90. The summed E-state index contributed by atoms with van der Waals surface area (Å²) in [7, 11) is 4.30. The average molecular weight is 214 g/mol. The summed E-state index contributed by atoms with van der Waals surface area (Å²) < 4.78 is 0. The van der Waals surface area contributed by atoms with Crippen molar-refractivity contribution in [2.75, 3.05) is 20.6 Å². The molecule has 0 heterocycles. The Hall–Kier alpha value is -0.0800. The van der Waals surface area contributed by atoms with E-state index < -0.39 is 0 Å². The zero-order valence-electron chi connectivity index (χ0n) is 11.7. The van der Waals surface area contributed by atoms with Crippen molar-refractivity contribution in [1.82, 2.24) is 10.2 Å². The van der Waals surface area contributed by atoms with E-state index in [0.29, 0.717) is 17.5 Å². The molecule has 0 fully saturated rings. The van der Waals surface area contributed by atoms with Crippen molar-refractivity contribution in [3.63, 3.8) is 0 Å². The van der Waals surface area contributed by atoms with E-state index in [2.05, 4.69) is 58.9 Å². The number of nitrogens with one attached hydrogen (secondary N) is 1. The highest BCUT2D eigenvalue weighted by Gasteiger charge is 2.25. The van der Waals surface area contributed by atoms with E-state index in [1.807, 2.05) is 0 Å². The second-order valence-electron chi connectivity index (χ2n) is 5.78. The molecule has 0 rings (SSSR count). The Morgan fingerprint density at radius 1 is 1.27 bits per heavy atom. The van der Waals surface area contributed by atoms with Crippen molar-refractivity contribution < 1.29 is 0 Å². The van der Waals surface area contributed by atoms with Crippen LogP contribution < -0.4 is 5.32 Å². The summed E-state index contributed by atoms with van der Waals surface area (Å²) in [6.07, 6.45) is 2.56. The molecule has 2 atom stereocenters. The van der Waals surface area contributed by atoms with E-state index in [4.69, 9.17) is 0 Å². The smallest absolute Gasteiger partial charge is 0.0240 e. The van der Waals surface area contributed by atoms with Crippen LogP contribution >= 0.6 is 0 Å². The summed E-state index contributed by atoms with van der Waals surface area (Å²) in [6.45, 7) is 12.6. The number of nitrogens with zero attached hydrogens (tertiary/aromatic N) is 1. The topological polar surface area (TPSA) is 15.3 Å². The van der Waals surface area contributed by atoms with Gasteiger partial charge >= 0.3 is 0 Å². The van der Waals surface area contributed by atoms with Crippen molar-refractivity contribution >= 4 is 0 Å². The Balaban J connectivity index is 4.18. The van der Waals surface area contributed by atoms with Gasteiger partial charge in [-0.25, -0.2) is 0 Å². The molecule has 0 bridgehead atoms. The lowest BCUT2D eigenvalue weighted by atomic mass is 9.86. The molecule has 0 aromatic carbocycles. The maximum atomic E-state index is 3.43. The van der Waals surface area contributed by atoms with E-state index in [-0.39, 0.29) is 0 Å². The van der Waals surface area contributed by atoms with Crippen molar-refractivity contribution in [3.8, 4) is 0 Å². The predicted molar refractivity (Wildman–Crippen MR) is 69.3 cm³/mol. The third-order valence-corrected chi connectivity index (χ3v) is 3.32. The first-order valence-electron chi connectivity index (χ1n) is 6.20. The SMILES string of the molecule is CCCC(C)N(C)CC(NC)C(C)(C)C. The van der Waals surface area contributed by atoms with E-state index in [1.165, 1.54) is 12.8 Å². The molecule has 92 valence electrons. The maximum Gasteiger partial charge on any atom is 0.0240 e. The third kappa shape index (κ3) is 5.53. The third-order valence-electron chi connectivity index (χ3n) is 3.32. The minimum absolute atomic E-state index is 0.328. The number of rotatable bonds is 6. The Morgan fingerprint density at radius 2 is 1.80 bits per heavy atom. The minimum atomic E-state index is 0.328. The van der Waals surface area contributed by atoms with Gasteiger partial charge in [-0.15, -0.1) is 0 Å².